The van der Waals surface area contributed by atoms with Crippen LogP contribution in [0.25, 0.3) is 0 Å². The molecule has 1 aromatic heterocycles. The Bertz CT molecular complexity index is 1310. The van der Waals surface area contributed by atoms with Crippen LogP contribution < -0.4 is 19.7 Å². The molecule has 38 heavy (non-hydrogen) atoms. The third kappa shape index (κ3) is 6.31. The van der Waals surface area contributed by atoms with Crippen LogP contribution in [0, 0.1) is 6.92 Å². The van der Waals surface area contributed by atoms with E-state index < -0.39 is 34.0 Å². The van der Waals surface area contributed by atoms with Gasteiger partial charge in [0, 0.05) is 19.2 Å². The fraction of sp³-hybridized carbons (Fsp3) is 0.522. The molecule has 2 amide bonds. The molecule has 1 atom stereocenters. The molecule has 11 nitrogen and oxygen atoms in total. The number of carbonyl (C=O) groups is 2. The van der Waals surface area contributed by atoms with Crippen LogP contribution in [-0.4, -0.2) is 61.2 Å². The lowest BCUT2D eigenvalue weighted by Gasteiger charge is -2.35. The smallest absolute Gasteiger partial charge is 0.427 e. The highest BCUT2D eigenvalue weighted by atomic mass is 32.2. The van der Waals surface area contributed by atoms with Gasteiger partial charge in [-0.2, -0.15) is 26.7 Å². The van der Waals surface area contributed by atoms with E-state index in [1.165, 1.54) is 35.9 Å². The van der Waals surface area contributed by atoms with E-state index in [0.29, 0.717) is 32.5 Å². The van der Waals surface area contributed by atoms with Gasteiger partial charge in [0.15, 0.2) is 5.03 Å². The summed E-state index contributed by atoms with van der Waals surface area (Å²) in [6, 6.07) is 5.40. The van der Waals surface area contributed by atoms with Crippen molar-refractivity contribution in [3.05, 3.63) is 30.0 Å². The summed E-state index contributed by atoms with van der Waals surface area (Å²) in [5, 5.41) is 9.00. The quantitative estimate of drug-likeness (QED) is 0.504. The van der Waals surface area contributed by atoms with E-state index in [0.717, 1.165) is 4.31 Å². The highest BCUT2D eigenvalue weighted by molar-refractivity contribution is 7.92. The molecular formula is C23H30F3N5O6S. The predicted octanol–water partition coefficient (Wildman–Crippen LogP) is 3.58. The molecule has 2 heterocycles. The van der Waals surface area contributed by atoms with Gasteiger partial charge in [-0.1, -0.05) is 6.92 Å². The van der Waals surface area contributed by atoms with Crippen molar-refractivity contribution in [2.24, 2.45) is 0 Å². The molecule has 2 aromatic rings. The highest BCUT2D eigenvalue weighted by Gasteiger charge is 2.51. The molecule has 1 aliphatic heterocycles. The Morgan fingerprint density at radius 1 is 1.24 bits per heavy atom. The van der Waals surface area contributed by atoms with Crippen molar-refractivity contribution >= 4 is 33.4 Å². The Labute approximate surface area is 218 Å². The number of halogens is 3. The van der Waals surface area contributed by atoms with Crippen molar-refractivity contribution in [3.63, 3.8) is 0 Å². The minimum absolute atomic E-state index is 0.0194. The zero-order chi connectivity index (χ0) is 28.5. The maximum atomic E-state index is 13.9. The first-order valence-corrected chi connectivity index (χ1v) is 13.2. The molecule has 210 valence electrons. The molecule has 0 radical (unpaired) electrons. The molecule has 0 saturated heterocycles. The maximum absolute atomic E-state index is 13.9. The highest BCUT2D eigenvalue weighted by Crippen LogP contribution is 2.39. The summed E-state index contributed by atoms with van der Waals surface area (Å²) >= 11 is 0. The number of hydrogen-bond acceptors (Lipinski definition) is 7. The summed E-state index contributed by atoms with van der Waals surface area (Å²) in [4.78, 5) is 23.6. The SMILES string of the molecule is CCCn1nc(C)cc1S(=O)(=O)N1C[C@H](CNC(C)=O)Oc2ccc(NC(=O)OC(C)(C)C(F)(F)F)cc21. The van der Waals surface area contributed by atoms with Crippen LogP contribution in [0.5, 0.6) is 5.75 Å². The molecule has 3 rings (SSSR count). The number of alkyl halides is 3. The molecule has 0 bridgehead atoms. The number of nitrogens with zero attached hydrogens (tertiary/aromatic N) is 3. The summed E-state index contributed by atoms with van der Waals surface area (Å²) in [7, 11) is -4.22. The second-order valence-electron chi connectivity index (χ2n) is 9.27. The largest absolute Gasteiger partial charge is 0.484 e. The summed E-state index contributed by atoms with van der Waals surface area (Å²) in [6.07, 6.45) is -6.31. The van der Waals surface area contributed by atoms with E-state index in [2.05, 4.69) is 20.5 Å². The second-order valence-corrected chi connectivity index (χ2v) is 11.1. The van der Waals surface area contributed by atoms with Gasteiger partial charge in [-0.3, -0.25) is 19.1 Å². The zero-order valence-electron chi connectivity index (χ0n) is 21.5. The molecular weight excluding hydrogens is 531 g/mol. The van der Waals surface area contributed by atoms with Crippen molar-refractivity contribution in [3.8, 4) is 5.75 Å². The number of sulfonamides is 1. The number of aryl methyl sites for hydroxylation is 2. The number of carbonyl (C=O) groups excluding carboxylic acids is 2. The van der Waals surface area contributed by atoms with Gasteiger partial charge in [0.05, 0.1) is 24.5 Å². The Morgan fingerprint density at radius 2 is 1.92 bits per heavy atom. The van der Waals surface area contributed by atoms with Crippen LogP contribution in [0.3, 0.4) is 0 Å². The third-order valence-electron chi connectivity index (χ3n) is 5.60. The summed E-state index contributed by atoms with van der Waals surface area (Å²) in [6.45, 7) is 6.43. The topological polar surface area (TPSA) is 132 Å². The Morgan fingerprint density at radius 3 is 2.53 bits per heavy atom. The monoisotopic (exact) mass is 561 g/mol. The van der Waals surface area contributed by atoms with Crippen LogP contribution >= 0.6 is 0 Å². The number of anilines is 2. The van der Waals surface area contributed by atoms with Gasteiger partial charge in [-0.15, -0.1) is 0 Å². The lowest BCUT2D eigenvalue weighted by molar-refractivity contribution is -0.242. The first-order chi connectivity index (χ1) is 17.5. The molecule has 0 unspecified atom stereocenters. The van der Waals surface area contributed by atoms with E-state index in [-0.39, 0.29) is 41.1 Å². The first-order valence-electron chi connectivity index (χ1n) is 11.7. The minimum Gasteiger partial charge on any atom is -0.484 e. The van der Waals surface area contributed by atoms with Crippen molar-refractivity contribution in [2.45, 2.75) is 70.5 Å². The van der Waals surface area contributed by atoms with Crippen LogP contribution in [0.4, 0.5) is 29.3 Å². The van der Waals surface area contributed by atoms with Crippen molar-refractivity contribution in [2.75, 3.05) is 22.7 Å². The lowest BCUT2D eigenvalue weighted by atomic mass is 10.1. The van der Waals surface area contributed by atoms with E-state index in [1.807, 2.05) is 6.92 Å². The number of benzene rings is 1. The Balaban J connectivity index is 1.99. The molecule has 1 aliphatic rings. The average Bonchev–Trinajstić information content (AvgIpc) is 3.17. The van der Waals surface area contributed by atoms with Crippen molar-refractivity contribution in [1.82, 2.24) is 15.1 Å². The van der Waals surface area contributed by atoms with Crippen molar-refractivity contribution in [1.29, 1.82) is 0 Å². The molecule has 0 fully saturated rings. The standard InChI is InChI=1S/C23H30F3N5O6S/c1-6-9-30-20(10-14(2)29-30)38(34,35)31-13-17(12-27-15(3)32)36-19-8-7-16(11-18(19)31)28-21(33)37-22(4,5)23(24,25)26/h7-8,10-11,17H,6,9,12-13H2,1-5H3,(H,27,32)(H,28,33)/t17-/m0/s1. The maximum Gasteiger partial charge on any atom is 0.427 e. The van der Waals surface area contributed by atoms with Gasteiger partial charge in [0.1, 0.15) is 11.9 Å². The van der Waals surface area contributed by atoms with Gasteiger partial charge in [-0.05, 0) is 51.5 Å². The normalized spacial score (nSPS) is 15.9. The van der Waals surface area contributed by atoms with Gasteiger partial charge in [-0.25, -0.2) is 4.79 Å². The van der Waals surface area contributed by atoms with E-state index in [4.69, 9.17) is 4.74 Å². The minimum atomic E-state index is -4.80. The number of ether oxygens (including phenoxy) is 2. The number of aromatic nitrogens is 2. The van der Waals surface area contributed by atoms with E-state index in [9.17, 15) is 31.2 Å². The summed E-state index contributed by atoms with van der Waals surface area (Å²) in [5.74, 6) is -0.201. The van der Waals surface area contributed by atoms with Crippen LogP contribution in [0.2, 0.25) is 0 Å². The Hall–Kier alpha value is -3.49. The summed E-state index contributed by atoms with van der Waals surface area (Å²) in [5.41, 5.74) is -2.24. The van der Waals surface area contributed by atoms with Crippen LogP contribution in [0.15, 0.2) is 29.3 Å². The summed E-state index contributed by atoms with van der Waals surface area (Å²) < 4.78 is 79.9. The van der Waals surface area contributed by atoms with Gasteiger partial charge in [0.2, 0.25) is 11.5 Å². The molecule has 1 aromatic carbocycles. The van der Waals surface area contributed by atoms with Gasteiger partial charge >= 0.3 is 12.3 Å². The number of rotatable bonds is 8. The lowest BCUT2D eigenvalue weighted by Crippen LogP contribution is -2.48. The fourth-order valence-electron chi connectivity index (χ4n) is 3.63. The fourth-order valence-corrected chi connectivity index (χ4v) is 5.34. The van der Waals surface area contributed by atoms with Crippen molar-refractivity contribution < 1.29 is 40.7 Å². The molecule has 15 heteroatoms. The molecule has 2 N–H and O–H groups in total. The van der Waals surface area contributed by atoms with Gasteiger partial charge < -0.3 is 14.8 Å². The molecule has 0 saturated carbocycles. The van der Waals surface area contributed by atoms with Gasteiger partial charge in [0.25, 0.3) is 10.0 Å². The number of amides is 2. The first kappa shape index (κ1) is 29.1. The Kier molecular flexibility index (Phi) is 8.19. The number of fused-ring (bicyclic) bond motifs is 1. The second kappa shape index (κ2) is 10.7. The predicted molar refractivity (Wildman–Crippen MR) is 132 cm³/mol. The third-order valence-corrected chi connectivity index (χ3v) is 7.38. The number of hydrogen-bond donors (Lipinski definition) is 2. The van der Waals surface area contributed by atoms with Crippen LogP contribution in [0.1, 0.15) is 39.8 Å². The number of nitrogens with one attached hydrogen (secondary N) is 2. The molecule has 0 spiro atoms. The molecule has 0 aliphatic carbocycles. The average molecular weight is 562 g/mol. The van der Waals surface area contributed by atoms with Crippen LogP contribution in [-0.2, 0) is 26.1 Å². The van der Waals surface area contributed by atoms with E-state index in [1.54, 1.807) is 6.92 Å². The van der Waals surface area contributed by atoms with E-state index >= 15 is 0 Å². The zero-order valence-corrected chi connectivity index (χ0v) is 22.4.